The third-order valence-corrected chi connectivity index (χ3v) is 3.98. The highest BCUT2D eigenvalue weighted by Gasteiger charge is 2.18. The Hall–Kier alpha value is -1.40. The fourth-order valence-corrected chi connectivity index (χ4v) is 2.70. The van der Waals surface area contributed by atoms with Crippen molar-refractivity contribution >= 4 is 33.5 Å². The molecule has 0 bridgehead atoms. The van der Waals surface area contributed by atoms with Gasteiger partial charge in [0.2, 0.25) is 11.2 Å². The lowest BCUT2D eigenvalue weighted by molar-refractivity contribution is 0.436. The molecule has 3 rings (SSSR count). The Morgan fingerprint density at radius 2 is 1.95 bits per heavy atom. The van der Waals surface area contributed by atoms with E-state index in [2.05, 4.69) is 35.8 Å². The number of benzene rings is 1. The Balaban J connectivity index is 1.89. The van der Waals surface area contributed by atoms with E-state index in [1.165, 1.54) is 0 Å². The van der Waals surface area contributed by atoms with Crippen LogP contribution in [0.4, 0.5) is 5.95 Å². The maximum Gasteiger partial charge on any atom is 0.328 e. The molecule has 0 N–H and O–H groups in total. The van der Waals surface area contributed by atoms with Gasteiger partial charge in [-0.3, -0.25) is 0 Å². The normalized spacial score (nSPS) is 14.5. The number of rotatable bonds is 3. The summed E-state index contributed by atoms with van der Waals surface area (Å²) in [6.45, 7) is 3.84. The first-order chi connectivity index (χ1) is 10.1. The average molecular weight is 370 g/mol. The van der Waals surface area contributed by atoms with Crippen molar-refractivity contribution in [1.82, 2.24) is 15.0 Å². The Labute approximate surface area is 136 Å². The number of halogens is 2. The molecule has 21 heavy (non-hydrogen) atoms. The van der Waals surface area contributed by atoms with E-state index in [4.69, 9.17) is 16.3 Å². The van der Waals surface area contributed by atoms with Crippen molar-refractivity contribution in [3.05, 3.63) is 33.5 Å². The van der Waals surface area contributed by atoms with Gasteiger partial charge in [-0.1, -0.05) is 22.0 Å². The van der Waals surface area contributed by atoms with Crippen molar-refractivity contribution < 1.29 is 4.74 Å². The Morgan fingerprint density at radius 3 is 2.71 bits per heavy atom. The van der Waals surface area contributed by atoms with Crippen molar-refractivity contribution in [3.63, 3.8) is 0 Å². The van der Waals surface area contributed by atoms with E-state index >= 15 is 0 Å². The maximum atomic E-state index is 5.99. The van der Waals surface area contributed by atoms with Crippen LogP contribution in [0.5, 0.6) is 11.8 Å². The molecule has 0 aliphatic carbocycles. The van der Waals surface area contributed by atoms with Crippen LogP contribution in [0.2, 0.25) is 5.28 Å². The number of hydrogen-bond donors (Lipinski definition) is 0. The first kappa shape index (κ1) is 14.5. The highest BCUT2D eigenvalue weighted by Crippen LogP contribution is 2.28. The topological polar surface area (TPSA) is 51.1 Å². The first-order valence-electron chi connectivity index (χ1n) is 6.72. The second-order valence-corrected chi connectivity index (χ2v) is 6.15. The molecule has 1 aliphatic heterocycles. The molecule has 1 saturated heterocycles. The van der Waals surface area contributed by atoms with Gasteiger partial charge in [-0.25, -0.2) is 0 Å². The smallest absolute Gasteiger partial charge is 0.328 e. The second-order valence-electron chi connectivity index (χ2n) is 4.89. The summed E-state index contributed by atoms with van der Waals surface area (Å²) in [5.74, 6) is 1.27. The van der Waals surface area contributed by atoms with Gasteiger partial charge < -0.3 is 9.64 Å². The zero-order valence-electron chi connectivity index (χ0n) is 11.5. The van der Waals surface area contributed by atoms with E-state index in [0.717, 1.165) is 36.0 Å². The summed E-state index contributed by atoms with van der Waals surface area (Å²) in [5.41, 5.74) is 0.998. The quantitative estimate of drug-likeness (QED) is 0.819. The number of nitrogens with zero attached hydrogens (tertiary/aromatic N) is 4. The van der Waals surface area contributed by atoms with E-state index in [-0.39, 0.29) is 11.3 Å². The minimum atomic E-state index is 0.148. The average Bonchev–Trinajstić information content (AvgIpc) is 2.96. The molecule has 1 aliphatic rings. The number of anilines is 1. The van der Waals surface area contributed by atoms with Gasteiger partial charge >= 0.3 is 6.01 Å². The maximum absolute atomic E-state index is 5.99. The lowest BCUT2D eigenvalue weighted by Gasteiger charge is -2.15. The summed E-state index contributed by atoms with van der Waals surface area (Å²) >= 11 is 9.41. The van der Waals surface area contributed by atoms with Crippen LogP contribution in [0.1, 0.15) is 18.4 Å². The lowest BCUT2D eigenvalue weighted by Crippen LogP contribution is -2.21. The van der Waals surface area contributed by atoms with E-state index in [1.807, 2.05) is 25.1 Å². The molecular weight excluding hydrogens is 356 g/mol. The summed E-state index contributed by atoms with van der Waals surface area (Å²) in [7, 11) is 0. The van der Waals surface area contributed by atoms with Gasteiger partial charge in [0.1, 0.15) is 5.75 Å². The fraction of sp³-hybridized carbons (Fsp3) is 0.357. The molecule has 2 aromatic rings. The number of aromatic nitrogens is 3. The van der Waals surface area contributed by atoms with E-state index in [9.17, 15) is 0 Å². The minimum absolute atomic E-state index is 0.148. The number of ether oxygens (including phenoxy) is 1. The molecule has 0 unspecified atom stereocenters. The number of aryl methyl sites for hydroxylation is 1. The summed E-state index contributed by atoms with van der Waals surface area (Å²) < 4.78 is 6.70. The van der Waals surface area contributed by atoms with Crippen LogP contribution in [0.15, 0.2) is 22.7 Å². The Kier molecular flexibility index (Phi) is 4.26. The molecule has 1 aromatic carbocycles. The molecule has 1 aromatic heterocycles. The zero-order valence-corrected chi connectivity index (χ0v) is 13.9. The van der Waals surface area contributed by atoms with Crippen LogP contribution in [0.3, 0.4) is 0 Å². The van der Waals surface area contributed by atoms with Crippen LogP contribution in [-0.2, 0) is 0 Å². The molecule has 0 radical (unpaired) electrons. The fourth-order valence-electron chi connectivity index (χ4n) is 2.21. The van der Waals surface area contributed by atoms with Crippen LogP contribution in [-0.4, -0.2) is 28.0 Å². The summed E-state index contributed by atoms with van der Waals surface area (Å²) in [6.07, 6.45) is 2.29. The molecule has 110 valence electrons. The highest BCUT2D eigenvalue weighted by molar-refractivity contribution is 9.10. The van der Waals surface area contributed by atoms with Gasteiger partial charge in [0, 0.05) is 17.6 Å². The SMILES string of the molecule is Cc1ccc(Br)cc1Oc1nc(Cl)nc(N2CCCC2)n1. The molecule has 2 heterocycles. The second kappa shape index (κ2) is 6.15. The van der Waals surface area contributed by atoms with Crippen LogP contribution in [0, 0.1) is 6.92 Å². The van der Waals surface area contributed by atoms with Crippen molar-refractivity contribution in [1.29, 1.82) is 0 Å². The zero-order chi connectivity index (χ0) is 14.8. The molecule has 0 saturated carbocycles. The van der Waals surface area contributed by atoms with E-state index < -0.39 is 0 Å². The van der Waals surface area contributed by atoms with Crippen LogP contribution in [0.25, 0.3) is 0 Å². The molecule has 1 fully saturated rings. The highest BCUT2D eigenvalue weighted by atomic mass is 79.9. The predicted molar refractivity (Wildman–Crippen MR) is 85.2 cm³/mol. The summed E-state index contributed by atoms with van der Waals surface area (Å²) in [6, 6.07) is 6.02. The molecule has 7 heteroatoms. The molecule has 0 spiro atoms. The first-order valence-corrected chi connectivity index (χ1v) is 7.89. The van der Waals surface area contributed by atoms with Gasteiger partial charge in [0.25, 0.3) is 0 Å². The Bertz CT molecular complexity index is 661. The molecule has 5 nitrogen and oxygen atoms in total. The van der Waals surface area contributed by atoms with Crippen molar-refractivity contribution in [3.8, 4) is 11.8 Å². The van der Waals surface area contributed by atoms with Crippen molar-refractivity contribution in [2.75, 3.05) is 18.0 Å². The summed E-state index contributed by atoms with van der Waals surface area (Å²) in [4.78, 5) is 14.7. The molecule has 0 amide bonds. The van der Waals surface area contributed by atoms with Gasteiger partial charge in [0.05, 0.1) is 0 Å². The van der Waals surface area contributed by atoms with Crippen LogP contribution < -0.4 is 9.64 Å². The van der Waals surface area contributed by atoms with E-state index in [1.54, 1.807) is 0 Å². The van der Waals surface area contributed by atoms with Crippen molar-refractivity contribution in [2.24, 2.45) is 0 Å². The third kappa shape index (κ3) is 3.44. The minimum Gasteiger partial charge on any atom is -0.424 e. The molecular formula is C14H14BrClN4O. The van der Waals surface area contributed by atoms with Gasteiger partial charge in [-0.05, 0) is 49.1 Å². The molecule has 0 atom stereocenters. The summed E-state index contributed by atoms with van der Waals surface area (Å²) in [5, 5.41) is 0.148. The largest absolute Gasteiger partial charge is 0.424 e. The van der Waals surface area contributed by atoms with Gasteiger partial charge in [-0.2, -0.15) is 15.0 Å². The van der Waals surface area contributed by atoms with E-state index in [0.29, 0.717) is 11.7 Å². The Morgan fingerprint density at radius 1 is 1.19 bits per heavy atom. The lowest BCUT2D eigenvalue weighted by atomic mass is 10.2. The predicted octanol–water partition coefficient (Wildman–Crippen LogP) is 3.99. The third-order valence-electron chi connectivity index (χ3n) is 3.32. The van der Waals surface area contributed by atoms with Crippen molar-refractivity contribution in [2.45, 2.75) is 19.8 Å². The van der Waals surface area contributed by atoms with Gasteiger partial charge in [-0.15, -0.1) is 0 Å². The van der Waals surface area contributed by atoms with Crippen LogP contribution >= 0.6 is 27.5 Å². The van der Waals surface area contributed by atoms with Gasteiger partial charge in [0.15, 0.2) is 0 Å². The monoisotopic (exact) mass is 368 g/mol. The number of hydrogen-bond acceptors (Lipinski definition) is 5. The standard InChI is InChI=1S/C14H14BrClN4O/c1-9-4-5-10(15)8-11(9)21-14-18-12(16)17-13(19-14)20-6-2-3-7-20/h4-5,8H,2-3,6-7H2,1H3.